The summed E-state index contributed by atoms with van der Waals surface area (Å²) < 4.78 is 6.13. The maximum atomic E-state index is 13.3. The van der Waals surface area contributed by atoms with Crippen molar-refractivity contribution in [1.29, 1.82) is 0 Å². The first kappa shape index (κ1) is 20.1. The van der Waals surface area contributed by atoms with Crippen LogP contribution in [0, 0.1) is 0 Å². The summed E-state index contributed by atoms with van der Waals surface area (Å²) in [5.74, 6) is -0.319. The molecule has 0 bridgehead atoms. The summed E-state index contributed by atoms with van der Waals surface area (Å²) in [6.07, 6.45) is 4.67. The smallest absolute Gasteiger partial charge is 0.256 e. The quantitative estimate of drug-likeness (QED) is 0.835. The molecule has 6 nitrogen and oxygen atoms in total. The van der Waals surface area contributed by atoms with E-state index in [1.165, 1.54) is 0 Å². The number of benzene rings is 1. The molecule has 7 heteroatoms. The zero-order valence-electron chi connectivity index (χ0n) is 16.0. The van der Waals surface area contributed by atoms with E-state index in [1.807, 2.05) is 19.0 Å². The second-order valence-corrected chi connectivity index (χ2v) is 8.05. The van der Waals surface area contributed by atoms with Crippen LogP contribution in [0.4, 0.5) is 0 Å². The van der Waals surface area contributed by atoms with Gasteiger partial charge in [0.2, 0.25) is 5.91 Å². The molecule has 2 aliphatic rings. The Kier molecular flexibility index (Phi) is 6.40. The van der Waals surface area contributed by atoms with Crippen LogP contribution in [0.2, 0.25) is 5.02 Å². The van der Waals surface area contributed by atoms with Crippen molar-refractivity contribution in [2.24, 2.45) is 0 Å². The lowest BCUT2D eigenvalue weighted by molar-refractivity contribution is -0.127. The van der Waals surface area contributed by atoms with E-state index in [9.17, 15) is 9.59 Å². The van der Waals surface area contributed by atoms with Crippen LogP contribution >= 0.6 is 11.6 Å². The lowest BCUT2D eigenvalue weighted by Crippen LogP contribution is -2.56. The Bertz CT molecular complexity index is 672. The van der Waals surface area contributed by atoms with Crippen molar-refractivity contribution in [2.45, 2.75) is 43.9 Å². The second-order valence-electron chi connectivity index (χ2n) is 7.61. The van der Waals surface area contributed by atoms with E-state index in [4.69, 9.17) is 16.3 Å². The standard InChI is InChI=1S/C20H28ClN3O3/c1-23(2)13-12-22-18(25)17-14-27-20(10-4-3-5-11-20)24(17)19(26)15-6-8-16(21)9-7-15/h6-9,17H,3-5,10-14H2,1-2H3,(H,22,25). The van der Waals surface area contributed by atoms with Gasteiger partial charge in [-0.05, 0) is 64.0 Å². The fourth-order valence-electron chi connectivity index (χ4n) is 3.92. The van der Waals surface area contributed by atoms with E-state index in [1.54, 1.807) is 29.2 Å². The van der Waals surface area contributed by atoms with Crippen molar-refractivity contribution in [2.75, 3.05) is 33.8 Å². The van der Waals surface area contributed by atoms with Gasteiger partial charge in [0.05, 0.1) is 6.61 Å². The molecule has 1 aliphatic carbocycles. The predicted octanol–water partition coefficient (Wildman–Crippen LogP) is 2.52. The Morgan fingerprint density at radius 1 is 1.22 bits per heavy atom. The molecule has 2 amide bonds. The Balaban J connectivity index is 1.83. The number of ether oxygens (including phenoxy) is 1. The highest BCUT2D eigenvalue weighted by atomic mass is 35.5. The van der Waals surface area contributed by atoms with Gasteiger partial charge in [-0.25, -0.2) is 0 Å². The summed E-state index contributed by atoms with van der Waals surface area (Å²) in [6.45, 7) is 1.53. The van der Waals surface area contributed by atoms with E-state index in [0.717, 1.165) is 38.6 Å². The van der Waals surface area contributed by atoms with Crippen LogP contribution in [-0.2, 0) is 9.53 Å². The zero-order valence-corrected chi connectivity index (χ0v) is 16.8. The van der Waals surface area contributed by atoms with E-state index in [-0.39, 0.29) is 18.4 Å². The largest absolute Gasteiger partial charge is 0.353 e. The van der Waals surface area contributed by atoms with Gasteiger partial charge >= 0.3 is 0 Å². The number of hydrogen-bond donors (Lipinski definition) is 1. The summed E-state index contributed by atoms with van der Waals surface area (Å²) in [5, 5.41) is 3.53. The minimum Gasteiger partial charge on any atom is -0.353 e. The second kappa shape index (κ2) is 8.59. The van der Waals surface area contributed by atoms with Gasteiger partial charge in [-0.15, -0.1) is 0 Å². The number of amides is 2. The van der Waals surface area contributed by atoms with E-state index in [0.29, 0.717) is 17.1 Å². The van der Waals surface area contributed by atoms with Gasteiger partial charge in [-0.1, -0.05) is 18.0 Å². The van der Waals surface area contributed by atoms with Gasteiger partial charge in [0.25, 0.3) is 5.91 Å². The van der Waals surface area contributed by atoms with Crippen LogP contribution in [0.5, 0.6) is 0 Å². The Labute approximate surface area is 165 Å². The molecular formula is C20H28ClN3O3. The molecule has 0 radical (unpaired) electrons. The lowest BCUT2D eigenvalue weighted by atomic mass is 9.89. The molecule has 1 aliphatic heterocycles. The molecule has 0 aromatic heterocycles. The number of carbonyl (C=O) groups excluding carboxylic acids is 2. The molecule has 1 spiro atoms. The monoisotopic (exact) mass is 393 g/mol. The molecule has 3 rings (SSSR count). The molecule has 1 N–H and O–H groups in total. The van der Waals surface area contributed by atoms with Crippen molar-refractivity contribution in [3.05, 3.63) is 34.9 Å². The van der Waals surface area contributed by atoms with Crippen molar-refractivity contribution in [3.63, 3.8) is 0 Å². The maximum Gasteiger partial charge on any atom is 0.256 e. The first-order valence-electron chi connectivity index (χ1n) is 9.59. The van der Waals surface area contributed by atoms with Gasteiger partial charge in [0.15, 0.2) is 0 Å². The fraction of sp³-hybridized carbons (Fsp3) is 0.600. The number of hydrogen-bond acceptors (Lipinski definition) is 4. The van der Waals surface area contributed by atoms with Crippen LogP contribution in [0.3, 0.4) is 0 Å². The van der Waals surface area contributed by atoms with Crippen molar-refractivity contribution in [3.8, 4) is 0 Å². The van der Waals surface area contributed by atoms with Gasteiger partial charge in [0, 0.05) is 23.7 Å². The van der Waals surface area contributed by atoms with Crippen LogP contribution in [0.15, 0.2) is 24.3 Å². The summed E-state index contributed by atoms with van der Waals surface area (Å²) in [4.78, 5) is 29.9. The minimum atomic E-state index is -0.668. The third kappa shape index (κ3) is 4.45. The number of likely N-dealkylation sites (N-methyl/N-ethyl adjacent to an activating group) is 1. The molecule has 1 heterocycles. The molecular weight excluding hydrogens is 366 g/mol. The predicted molar refractivity (Wildman–Crippen MR) is 105 cm³/mol. The van der Waals surface area contributed by atoms with Gasteiger partial charge in [-0.3, -0.25) is 14.5 Å². The van der Waals surface area contributed by atoms with E-state index >= 15 is 0 Å². The molecule has 1 saturated heterocycles. The molecule has 148 valence electrons. The highest BCUT2D eigenvalue weighted by Crippen LogP contribution is 2.41. The first-order chi connectivity index (χ1) is 12.9. The Morgan fingerprint density at radius 3 is 2.52 bits per heavy atom. The molecule has 2 fully saturated rings. The SMILES string of the molecule is CN(C)CCNC(=O)C1COC2(CCCCC2)N1C(=O)c1ccc(Cl)cc1. The first-order valence-corrected chi connectivity index (χ1v) is 9.96. The molecule has 1 saturated carbocycles. The average Bonchev–Trinajstić information content (AvgIpc) is 3.00. The summed E-state index contributed by atoms with van der Waals surface area (Å²) in [7, 11) is 3.91. The summed E-state index contributed by atoms with van der Waals surface area (Å²) in [5.41, 5.74) is -0.139. The number of halogens is 1. The molecule has 27 heavy (non-hydrogen) atoms. The van der Waals surface area contributed by atoms with Gasteiger partial charge in [-0.2, -0.15) is 0 Å². The zero-order chi connectivity index (χ0) is 19.4. The third-order valence-electron chi connectivity index (χ3n) is 5.37. The van der Waals surface area contributed by atoms with Crippen LogP contribution in [0.1, 0.15) is 42.5 Å². The number of nitrogens with zero attached hydrogens (tertiary/aromatic N) is 2. The highest BCUT2D eigenvalue weighted by Gasteiger charge is 2.52. The van der Waals surface area contributed by atoms with E-state index < -0.39 is 11.8 Å². The number of carbonyl (C=O) groups is 2. The average molecular weight is 394 g/mol. The molecule has 1 aromatic rings. The molecule has 1 atom stereocenters. The Morgan fingerprint density at radius 2 is 1.89 bits per heavy atom. The topological polar surface area (TPSA) is 61.9 Å². The summed E-state index contributed by atoms with van der Waals surface area (Å²) in [6, 6.07) is 6.21. The summed E-state index contributed by atoms with van der Waals surface area (Å²) >= 11 is 5.96. The molecule has 1 aromatic carbocycles. The minimum absolute atomic E-state index is 0.151. The van der Waals surface area contributed by atoms with Gasteiger partial charge < -0.3 is 15.0 Å². The number of rotatable bonds is 5. The maximum absolute atomic E-state index is 13.3. The third-order valence-corrected chi connectivity index (χ3v) is 5.62. The van der Waals surface area contributed by atoms with Crippen molar-refractivity contribution in [1.82, 2.24) is 15.1 Å². The Hall–Kier alpha value is -1.63. The number of nitrogens with one attached hydrogen (secondary N) is 1. The molecule has 1 unspecified atom stereocenters. The van der Waals surface area contributed by atoms with Crippen molar-refractivity contribution < 1.29 is 14.3 Å². The normalized spacial score (nSPS) is 21.6. The van der Waals surface area contributed by atoms with Crippen LogP contribution < -0.4 is 5.32 Å². The van der Waals surface area contributed by atoms with Crippen LogP contribution in [0.25, 0.3) is 0 Å². The fourth-order valence-corrected chi connectivity index (χ4v) is 4.05. The lowest BCUT2D eigenvalue weighted by Gasteiger charge is -2.41. The van der Waals surface area contributed by atoms with Gasteiger partial charge in [0.1, 0.15) is 11.8 Å². The van der Waals surface area contributed by atoms with Crippen molar-refractivity contribution >= 4 is 23.4 Å². The highest BCUT2D eigenvalue weighted by molar-refractivity contribution is 6.30. The van der Waals surface area contributed by atoms with Crippen LogP contribution in [-0.4, -0.2) is 67.2 Å². The van der Waals surface area contributed by atoms with E-state index in [2.05, 4.69) is 5.32 Å².